The van der Waals surface area contributed by atoms with E-state index in [4.69, 9.17) is 16.3 Å². The minimum absolute atomic E-state index is 0.279. The number of ether oxygens (including phenoxy) is 1. The minimum atomic E-state index is -0.556. The predicted molar refractivity (Wildman–Crippen MR) is 108 cm³/mol. The molecule has 3 rings (SSSR count). The highest BCUT2D eigenvalue weighted by Crippen LogP contribution is 2.28. The van der Waals surface area contributed by atoms with E-state index in [1.54, 1.807) is 19.1 Å². The molecule has 152 valence electrons. The van der Waals surface area contributed by atoms with Crippen LogP contribution in [0.4, 0.5) is 4.79 Å². The third-order valence-corrected chi connectivity index (χ3v) is 5.61. The third-order valence-electron chi connectivity index (χ3n) is 5.36. The zero-order chi connectivity index (χ0) is 20.3. The van der Waals surface area contributed by atoms with Gasteiger partial charge in [-0.2, -0.15) is 0 Å². The molecule has 0 saturated carbocycles. The molecule has 0 unspecified atom stereocenters. The van der Waals surface area contributed by atoms with Gasteiger partial charge >= 0.3 is 12.0 Å². The number of benzene rings is 1. The Hall–Kier alpha value is -2.05. The molecule has 2 aliphatic heterocycles. The van der Waals surface area contributed by atoms with Gasteiger partial charge in [-0.3, -0.25) is 0 Å². The van der Waals surface area contributed by atoms with E-state index in [-0.39, 0.29) is 12.6 Å². The number of hydrogen-bond acceptors (Lipinski definition) is 3. The van der Waals surface area contributed by atoms with Gasteiger partial charge in [-0.15, -0.1) is 0 Å². The number of amides is 2. The largest absolute Gasteiger partial charge is 0.463 e. The first-order valence-electron chi connectivity index (χ1n) is 9.94. The minimum Gasteiger partial charge on any atom is -0.463 e. The Labute approximate surface area is 171 Å². The Morgan fingerprint density at radius 1 is 1.21 bits per heavy atom. The Balaban J connectivity index is 1.96. The molecule has 1 aromatic carbocycles. The van der Waals surface area contributed by atoms with Crippen LogP contribution in [0.5, 0.6) is 0 Å². The molecular weight excluding hydrogens is 378 g/mol. The van der Waals surface area contributed by atoms with Crippen molar-refractivity contribution >= 4 is 23.6 Å². The summed E-state index contributed by atoms with van der Waals surface area (Å²) in [6.45, 7) is 9.23. The van der Waals surface area contributed by atoms with Crippen molar-refractivity contribution in [2.75, 3.05) is 26.2 Å². The van der Waals surface area contributed by atoms with Crippen LogP contribution in [0, 0.1) is 11.8 Å². The van der Waals surface area contributed by atoms with Crippen LogP contribution in [0.25, 0.3) is 0 Å². The normalized spacial score (nSPS) is 27.8. The van der Waals surface area contributed by atoms with Crippen molar-refractivity contribution in [2.24, 2.45) is 11.8 Å². The zero-order valence-electron chi connectivity index (χ0n) is 16.7. The summed E-state index contributed by atoms with van der Waals surface area (Å²) >= 11 is 6.01. The molecule has 6 nitrogen and oxygen atoms in total. The van der Waals surface area contributed by atoms with Crippen LogP contribution in [-0.2, 0) is 9.53 Å². The zero-order valence-corrected chi connectivity index (χ0v) is 17.4. The Morgan fingerprint density at radius 3 is 2.46 bits per heavy atom. The van der Waals surface area contributed by atoms with Crippen molar-refractivity contribution in [1.82, 2.24) is 10.6 Å². The molecule has 28 heavy (non-hydrogen) atoms. The Morgan fingerprint density at radius 2 is 1.86 bits per heavy atom. The molecule has 2 aliphatic rings. The molecule has 0 aromatic heterocycles. The second kappa shape index (κ2) is 8.97. The molecule has 1 aromatic rings. The van der Waals surface area contributed by atoms with Crippen molar-refractivity contribution in [3.8, 4) is 0 Å². The lowest BCUT2D eigenvalue weighted by molar-refractivity contribution is -0.907. The van der Waals surface area contributed by atoms with E-state index in [0.29, 0.717) is 34.7 Å². The number of rotatable bonds is 5. The van der Waals surface area contributed by atoms with Crippen LogP contribution in [-0.4, -0.2) is 38.2 Å². The van der Waals surface area contributed by atoms with Crippen molar-refractivity contribution in [3.63, 3.8) is 0 Å². The molecular formula is C21H29ClN3O3+. The summed E-state index contributed by atoms with van der Waals surface area (Å²) in [5.74, 6) is 0.840. The number of likely N-dealkylation sites (tertiary alicyclic amines) is 1. The lowest BCUT2D eigenvalue weighted by Gasteiger charge is -2.35. The molecule has 7 heteroatoms. The third kappa shape index (κ3) is 4.86. The molecule has 1 saturated heterocycles. The topological polar surface area (TPSA) is 71.9 Å². The lowest BCUT2D eigenvalue weighted by Crippen LogP contribution is -3.14. The van der Waals surface area contributed by atoms with Crippen molar-refractivity contribution in [3.05, 3.63) is 46.1 Å². The van der Waals surface area contributed by atoms with Gasteiger partial charge in [-0.1, -0.05) is 37.6 Å². The summed E-state index contributed by atoms with van der Waals surface area (Å²) in [5.41, 5.74) is 1.93. The first-order valence-corrected chi connectivity index (χ1v) is 10.3. The van der Waals surface area contributed by atoms with Gasteiger partial charge in [0.2, 0.25) is 0 Å². The molecule has 3 atom stereocenters. The maximum atomic E-state index is 12.8. The summed E-state index contributed by atoms with van der Waals surface area (Å²) in [6, 6.07) is 6.31. The molecule has 0 spiro atoms. The van der Waals surface area contributed by atoms with E-state index in [0.717, 1.165) is 18.7 Å². The van der Waals surface area contributed by atoms with Gasteiger partial charge in [0.1, 0.15) is 6.54 Å². The van der Waals surface area contributed by atoms with Crippen LogP contribution in [0.1, 0.15) is 38.8 Å². The quantitative estimate of drug-likeness (QED) is 0.655. The lowest BCUT2D eigenvalue weighted by atomic mass is 9.91. The van der Waals surface area contributed by atoms with E-state index < -0.39 is 12.0 Å². The van der Waals surface area contributed by atoms with Crippen molar-refractivity contribution in [2.45, 2.75) is 33.2 Å². The van der Waals surface area contributed by atoms with Crippen LogP contribution in [0.15, 0.2) is 35.5 Å². The van der Waals surface area contributed by atoms with Crippen LogP contribution < -0.4 is 15.5 Å². The van der Waals surface area contributed by atoms with Gasteiger partial charge in [0.25, 0.3) is 0 Å². The molecule has 0 aliphatic carbocycles. The van der Waals surface area contributed by atoms with E-state index in [9.17, 15) is 9.59 Å². The second-order valence-electron chi connectivity index (χ2n) is 7.98. The highest BCUT2D eigenvalue weighted by atomic mass is 35.5. The molecule has 2 amide bonds. The molecule has 3 N–H and O–H groups in total. The first-order chi connectivity index (χ1) is 13.4. The van der Waals surface area contributed by atoms with E-state index in [1.165, 1.54) is 11.3 Å². The summed E-state index contributed by atoms with van der Waals surface area (Å²) < 4.78 is 5.33. The van der Waals surface area contributed by atoms with Gasteiger partial charge < -0.3 is 20.3 Å². The average Bonchev–Trinajstić information content (AvgIpc) is 2.61. The van der Waals surface area contributed by atoms with Crippen molar-refractivity contribution in [1.29, 1.82) is 0 Å². The number of esters is 1. The maximum absolute atomic E-state index is 12.8. The highest BCUT2D eigenvalue weighted by molar-refractivity contribution is 6.30. The number of halogens is 1. The number of carbonyl (C=O) groups excluding carboxylic acids is 2. The molecule has 1 fully saturated rings. The fourth-order valence-electron chi connectivity index (χ4n) is 4.43. The summed E-state index contributed by atoms with van der Waals surface area (Å²) in [7, 11) is 0. The molecule has 2 heterocycles. The summed E-state index contributed by atoms with van der Waals surface area (Å²) in [5, 5.41) is 6.34. The SMILES string of the molecule is CCOC(=O)C1=C(C[NH+]2C[C@@H](C)C[C@H](C)C2)NC(=O)N[C@@H]1c1ccc(Cl)cc1. The monoisotopic (exact) mass is 406 g/mol. The van der Waals surface area contributed by atoms with E-state index in [2.05, 4.69) is 24.5 Å². The molecule has 0 radical (unpaired) electrons. The number of urea groups is 1. The number of nitrogens with one attached hydrogen (secondary N) is 3. The fraction of sp³-hybridized carbons (Fsp3) is 0.524. The summed E-state index contributed by atoms with van der Waals surface area (Å²) in [6.07, 6.45) is 1.22. The van der Waals surface area contributed by atoms with Gasteiger partial charge in [-0.25, -0.2) is 9.59 Å². The van der Waals surface area contributed by atoms with Gasteiger partial charge in [-0.05, 0) is 31.0 Å². The maximum Gasteiger partial charge on any atom is 0.338 e. The van der Waals surface area contributed by atoms with Gasteiger partial charge in [0.05, 0.1) is 37.0 Å². The van der Waals surface area contributed by atoms with Crippen LogP contribution >= 0.6 is 11.6 Å². The van der Waals surface area contributed by atoms with Crippen molar-refractivity contribution < 1.29 is 19.2 Å². The standard InChI is InChI=1S/C21H28ClN3O3/c1-4-28-20(26)18-17(12-25-10-13(2)9-14(3)11-25)23-21(27)24-19(18)15-5-7-16(22)8-6-15/h5-8,13-14,19H,4,9-12H2,1-3H3,(H2,23,24,27)/p+1/t13-,14-,19+/m0/s1. The summed E-state index contributed by atoms with van der Waals surface area (Å²) in [4.78, 5) is 26.6. The van der Waals surface area contributed by atoms with Gasteiger partial charge in [0, 0.05) is 16.9 Å². The van der Waals surface area contributed by atoms with E-state index >= 15 is 0 Å². The molecule has 0 bridgehead atoms. The number of quaternary nitrogens is 1. The van der Waals surface area contributed by atoms with Crippen LogP contribution in [0.2, 0.25) is 5.02 Å². The number of carbonyl (C=O) groups is 2. The number of piperidine rings is 1. The Kier molecular flexibility index (Phi) is 6.62. The van der Waals surface area contributed by atoms with Crippen LogP contribution in [0.3, 0.4) is 0 Å². The predicted octanol–water partition coefficient (Wildman–Crippen LogP) is 2.07. The fourth-order valence-corrected chi connectivity index (χ4v) is 4.56. The second-order valence-corrected chi connectivity index (χ2v) is 8.41. The van der Waals surface area contributed by atoms with Gasteiger partial charge in [0.15, 0.2) is 0 Å². The Bertz CT molecular complexity index is 753. The van der Waals surface area contributed by atoms with E-state index in [1.807, 2.05) is 12.1 Å². The highest BCUT2D eigenvalue weighted by Gasteiger charge is 2.36. The smallest absolute Gasteiger partial charge is 0.338 e. The number of hydrogen-bond donors (Lipinski definition) is 3. The average molecular weight is 407 g/mol. The first kappa shape index (κ1) is 20.7.